The number of ether oxygens (including phenoxy) is 2. The molecule has 4 rings (SSSR count). The zero-order valence-corrected chi connectivity index (χ0v) is 17.8. The zero-order chi connectivity index (χ0) is 21.4. The molecular weight excluding hydrogens is 378 g/mol. The van der Waals surface area contributed by atoms with Crippen LogP contribution in [0.2, 0.25) is 0 Å². The number of carbonyl (C=O) groups excluding carboxylic acids is 2. The molecule has 0 spiro atoms. The van der Waals surface area contributed by atoms with Crippen LogP contribution in [0.4, 0.5) is 4.79 Å². The Morgan fingerprint density at radius 1 is 1.03 bits per heavy atom. The Morgan fingerprint density at radius 2 is 1.67 bits per heavy atom. The van der Waals surface area contributed by atoms with Crippen molar-refractivity contribution in [2.75, 3.05) is 0 Å². The van der Waals surface area contributed by atoms with Crippen LogP contribution in [0.1, 0.15) is 57.1 Å². The van der Waals surface area contributed by atoms with Crippen LogP contribution in [-0.4, -0.2) is 34.1 Å². The van der Waals surface area contributed by atoms with E-state index in [2.05, 4.69) is 12.1 Å². The second-order valence-corrected chi connectivity index (χ2v) is 9.27. The smallest absolute Gasteiger partial charge is 0.411 e. The van der Waals surface area contributed by atoms with Crippen LogP contribution in [0.3, 0.4) is 0 Å². The molecule has 2 heterocycles. The maximum Gasteiger partial charge on any atom is 0.411 e. The van der Waals surface area contributed by atoms with Crippen molar-refractivity contribution in [2.24, 2.45) is 0 Å². The third kappa shape index (κ3) is 3.81. The van der Waals surface area contributed by atoms with Gasteiger partial charge in [0.15, 0.2) is 0 Å². The lowest BCUT2D eigenvalue weighted by Gasteiger charge is -2.34. The van der Waals surface area contributed by atoms with Crippen LogP contribution in [0, 0.1) is 0 Å². The number of nitrogens with zero attached hydrogens (tertiary/aromatic N) is 1. The molecule has 2 fully saturated rings. The lowest BCUT2D eigenvalue weighted by molar-refractivity contribution is -0.166. The quantitative estimate of drug-likeness (QED) is 0.665. The Hall–Kier alpha value is -2.82. The Labute approximate surface area is 178 Å². The van der Waals surface area contributed by atoms with Crippen molar-refractivity contribution in [3.8, 4) is 0 Å². The fraction of sp³-hybridized carbons (Fsp3) is 0.440. The van der Waals surface area contributed by atoms with E-state index < -0.39 is 17.2 Å². The predicted molar refractivity (Wildman–Crippen MR) is 114 cm³/mol. The number of esters is 1. The molecule has 2 aliphatic heterocycles. The second kappa shape index (κ2) is 7.78. The molecule has 3 atom stereocenters. The first-order valence-corrected chi connectivity index (χ1v) is 10.6. The lowest BCUT2D eigenvalue weighted by atomic mass is 9.78. The SMILES string of the molecule is CC(C)(C)OC(=O)[C@]12CC[C@H]([C@@H](c3ccccc3)C1)N2C(=O)OCc1ccccc1. The van der Waals surface area contributed by atoms with Crippen molar-refractivity contribution in [1.82, 2.24) is 4.90 Å². The topological polar surface area (TPSA) is 55.8 Å². The average Bonchev–Trinajstić information content (AvgIpc) is 3.27. The summed E-state index contributed by atoms with van der Waals surface area (Å²) in [5, 5.41) is 0. The summed E-state index contributed by atoms with van der Waals surface area (Å²) in [7, 11) is 0. The summed E-state index contributed by atoms with van der Waals surface area (Å²) in [6, 6.07) is 19.6. The highest BCUT2D eigenvalue weighted by Gasteiger charge is 2.64. The fourth-order valence-corrected chi connectivity index (χ4v) is 4.83. The molecule has 2 aliphatic rings. The summed E-state index contributed by atoms with van der Waals surface area (Å²) in [5.41, 5.74) is 0.484. The van der Waals surface area contributed by atoms with Gasteiger partial charge < -0.3 is 9.47 Å². The van der Waals surface area contributed by atoms with Crippen molar-refractivity contribution >= 4 is 12.1 Å². The number of amides is 1. The van der Waals surface area contributed by atoms with E-state index in [-0.39, 0.29) is 24.5 Å². The molecule has 0 aliphatic carbocycles. The van der Waals surface area contributed by atoms with Gasteiger partial charge in [-0.1, -0.05) is 60.7 Å². The summed E-state index contributed by atoms with van der Waals surface area (Å²) in [5.74, 6) is -0.232. The fourth-order valence-electron chi connectivity index (χ4n) is 4.83. The average molecular weight is 408 g/mol. The first-order chi connectivity index (χ1) is 14.3. The van der Waals surface area contributed by atoms with Crippen LogP contribution < -0.4 is 0 Å². The second-order valence-electron chi connectivity index (χ2n) is 9.27. The van der Waals surface area contributed by atoms with Crippen molar-refractivity contribution < 1.29 is 19.1 Å². The van der Waals surface area contributed by atoms with Gasteiger partial charge in [0, 0.05) is 12.0 Å². The number of fused-ring (bicyclic) bond motifs is 2. The Bertz CT molecular complexity index is 906. The van der Waals surface area contributed by atoms with Gasteiger partial charge in [-0.15, -0.1) is 0 Å². The summed E-state index contributed by atoms with van der Waals surface area (Å²) in [6.45, 7) is 5.75. The number of hydrogen-bond acceptors (Lipinski definition) is 4. The molecule has 2 saturated heterocycles. The molecule has 5 nitrogen and oxygen atoms in total. The minimum atomic E-state index is -0.966. The molecule has 2 bridgehead atoms. The molecule has 0 aromatic heterocycles. The van der Waals surface area contributed by atoms with Crippen LogP contribution in [-0.2, 0) is 20.9 Å². The maximum absolute atomic E-state index is 13.3. The molecular formula is C25H29NO4. The van der Waals surface area contributed by atoms with Gasteiger partial charge in [0.1, 0.15) is 17.7 Å². The highest BCUT2D eigenvalue weighted by atomic mass is 16.6. The van der Waals surface area contributed by atoms with Gasteiger partial charge in [-0.2, -0.15) is 0 Å². The number of rotatable bonds is 4. The molecule has 0 saturated carbocycles. The monoisotopic (exact) mass is 407 g/mol. The van der Waals surface area contributed by atoms with Gasteiger partial charge in [-0.05, 0) is 51.2 Å². The van der Waals surface area contributed by atoms with Gasteiger partial charge in [0.25, 0.3) is 0 Å². The van der Waals surface area contributed by atoms with E-state index in [1.165, 1.54) is 0 Å². The minimum absolute atomic E-state index is 0.0665. The molecule has 2 aromatic carbocycles. The van der Waals surface area contributed by atoms with E-state index in [9.17, 15) is 9.59 Å². The van der Waals surface area contributed by atoms with Crippen LogP contribution in [0.15, 0.2) is 60.7 Å². The Balaban J connectivity index is 1.61. The molecule has 1 amide bonds. The normalized spacial score (nSPS) is 25.2. The number of hydrogen-bond donors (Lipinski definition) is 0. The Morgan fingerprint density at radius 3 is 2.30 bits per heavy atom. The van der Waals surface area contributed by atoms with Gasteiger partial charge in [-0.3, -0.25) is 4.90 Å². The summed E-state index contributed by atoms with van der Waals surface area (Å²) in [4.78, 5) is 28.2. The van der Waals surface area contributed by atoms with Crippen LogP contribution in [0.5, 0.6) is 0 Å². The number of carbonyl (C=O) groups is 2. The summed E-state index contributed by atoms with van der Waals surface area (Å²) in [6.07, 6.45) is 1.50. The van der Waals surface area contributed by atoms with Gasteiger partial charge in [0.05, 0.1) is 0 Å². The van der Waals surface area contributed by atoms with Crippen LogP contribution in [0.25, 0.3) is 0 Å². The van der Waals surface area contributed by atoms with Crippen molar-refractivity contribution in [2.45, 2.75) is 69.7 Å². The molecule has 0 radical (unpaired) electrons. The standard InChI is InChI=1S/C25H29NO4/c1-24(2,3)30-22(27)25-15-14-21(20(16-25)19-12-8-5-9-13-19)26(25)23(28)29-17-18-10-6-4-7-11-18/h4-13,20-21H,14-17H2,1-3H3/t20-,21-,25+/m1/s1. The van der Waals surface area contributed by atoms with Crippen molar-refractivity contribution in [3.05, 3.63) is 71.8 Å². The van der Waals surface area contributed by atoms with E-state index in [0.717, 1.165) is 17.5 Å². The largest absolute Gasteiger partial charge is 0.458 e. The van der Waals surface area contributed by atoms with Crippen LogP contribution >= 0.6 is 0 Å². The third-order valence-corrected chi connectivity index (χ3v) is 6.08. The predicted octanol–water partition coefficient (Wildman–Crippen LogP) is 5.06. The first kappa shape index (κ1) is 20.5. The van der Waals surface area contributed by atoms with E-state index in [4.69, 9.17) is 9.47 Å². The highest BCUT2D eigenvalue weighted by Crippen LogP contribution is 2.54. The van der Waals surface area contributed by atoms with E-state index in [0.29, 0.717) is 12.8 Å². The lowest BCUT2D eigenvalue weighted by Crippen LogP contribution is -2.53. The summed E-state index contributed by atoms with van der Waals surface area (Å²) >= 11 is 0. The number of benzene rings is 2. The van der Waals surface area contributed by atoms with Gasteiger partial charge in [0.2, 0.25) is 0 Å². The molecule has 158 valence electrons. The Kier molecular flexibility index (Phi) is 5.31. The zero-order valence-electron chi connectivity index (χ0n) is 17.8. The highest BCUT2D eigenvalue weighted by molar-refractivity contribution is 5.88. The van der Waals surface area contributed by atoms with E-state index in [1.54, 1.807) is 4.90 Å². The maximum atomic E-state index is 13.3. The van der Waals surface area contributed by atoms with Gasteiger partial charge in [-0.25, -0.2) is 9.59 Å². The molecule has 2 aromatic rings. The van der Waals surface area contributed by atoms with E-state index >= 15 is 0 Å². The first-order valence-electron chi connectivity index (χ1n) is 10.6. The molecule has 5 heteroatoms. The van der Waals surface area contributed by atoms with Crippen molar-refractivity contribution in [3.63, 3.8) is 0 Å². The van der Waals surface area contributed by atoms with Gasteiger partial charge >= 0.3 is 12.1 Å². The van der Waals surface area contributed by atoms with E-state index in [1.807, 2.05) is 69.3 Å². The summed E-state index contributed by atoms with van der Waals surface area (Å²) < 4.78 is 11.4. The third-order valence-electron chi connectivity index (χ3n) is 6.08. The minimum Gasteiger partial charge on any atom is -0.458 e. The molecule has 0 unspecified atom stereocenters. The van der Waals surface area contributed by atoms with Crippen molar-refractivity contribution in [1.29, 1.82) is 0 Å². The molecule has 0 N–H and O–H groups in total. The molecule has 30 heavy (non-hydrogen) atoms.